The molecule has 0 aliphatic rings. The minimum Gasteiger partial charge on any atom is -0.497 e. The van der Waals surface area contributed by atoms with Crippen molar-refractivity contribution in [1.82, 2.24) is 24.1 Å². The highest BCUT2D eigenvalue weighted by Gasteiger charge is 2.19. The molecule has 10 nitrogen and oxygen atoms in total. The van der Waals surface area contributed by atoms with Crippen LogP contribution in [0, 0.1) is 0 Å². The highest BCUT2D eigenvalue weighted by atomic mass is 35.5. The van der Waals surface area contributed by atoms with E-state index >= 15 is 0 Å². The molecule has 0 atom stereocenters. The van der Waals surface area contributed by atoms with Gasteiger partial charge in [0.1, 0.15) is 17.1 Å². The Hall–Kier alpha value is -4.83. The fourth-order valence-corrected chi connectivity index (χ4v) is 4.90. The van der Waals surface area contributed by atoms with Crippen molar-refractivity contribution in [2.45, 2.75) is 19.5 Å². The van der Waals surface area contributed by atoms with Crippen LogP contribution in [0.3, 0.4) is 0 Å². The molecule has 0 bridgehead atoms. The zero-order chi connectivity index (χ0) is 29.5. The van der Waals surface area contributed by atoms with Crippen molar-refractivity contribution in [3.63, 3.8) is 0 Å². The van der Waals surface area contributed by atoms with Crippen LogP contribution in [0.4, 0.5) is 11.6 Å². The molecule has 0 amide bonds. The quantitative estimate of drug-likeness (QED) is 0.180. The van der Waals surface area contributed by atoms with Crippen molar-refractivity contribution in [3.05, 3.63) is 101 Å². The second-order valence-electron chi connectivity index (χ2n) is 9.52. The number of fused-ring (bicyclic) bond motifs is 1. The first kappa shape index (κ1) is 28.7. The van der Waals surface area contributed by atoms with E-state index in [1.807, 2.05) is 41.1 Å². The predicted molar refractivity (Wildman–Crippen MR) is 167 cm³/mol. The van der Waals surface area contributed by atoms with Crippen LogP contribution >= 0.6 is 11.6 Å². The van der Waals surface area contributed by atoms with Crippen LogP contribution in [-0.2, 0) is 19.5 Å². The molecule has 216 valence electrons. The highest BCUT2D eigenvalue weighted by molar-refractivity contribution is 6.35. The van der Waals surface area contributed by atoms with Crippen LogP contribution in [0.15, 0.2) is 84.8 Å². The Kier molecular flexibility index (Phi) is 9.03. The van der Waals surface area contributed by atoms with Gasteiger partial charge in [-0.25, -0.2) is 9.97 Å². The van der Waals surface area contributed by atoms with Gasteiger partial charge in [-0.15, -0.1) is 6.58 Å². The van der Waals surface area contributed by atoms with Crippen molar-refractivity contribution in [3.8, 4) is 22.6 Å². The van der Waals surface area contributed by atoms with Crippen LogP contribution in [0.5, 0.6) is 11.5 Å². The van der Waals surface area contributed by atoms with Gasteiger partial charge in [0.2, 0.25) is 5.95 Å². The number of ether oxygens (including phenoxy) is 2. The first-order valence-electron chi connectivity index (χ1n) is 13.5. The average Bonchev–Trinajstić information content (AvgIpc) is 3.54. The molecule has 0 saturated carbocycles. The third kappa shape index (κ3) is 6.39. The molecule has 3 aromatic heterocycles. The Bertz CT molecular complexity index is 1740. The number of rotatable bonds is 13. The molecule has 0 aliphatic carbocycles. The summed E-state index contributed by atoms with van der Waals surface area (Å²) in [6, 6.07) is 13.3. The number of hydrogen-bond acceptors (Lipinski definition) is 8. The first-order valence-corrected chi connectivity index (χ1v) is 13.8. The van der Waals surface area contributed by atoms with Gasteiger partial charge in [0.15, 0.2) is 0 Å². The van der Waals surface area contributed by atoms with E-state index in [0.717, 1.165) is 11.3 Å². The second kappa shape index (κ2) is 13.2. The second-order valence-corrected chi connectivity index (χ2v) is 9.90. The Labute approximate surface area is 248 Å². The van der Waals surface area contributed by atoms with Gasteiger partial charge in [0.25, 0.3) is 5.56 Å². The number of aryl methyl sites for hydroxylation is 2. The molecule has 0 spiro atoms. The molecule has 0 fully saturated rings. The van der Waals surface area contributed by atoms with Gasteiger partial charge in [-0.2, -0.15) is 4.98 Å². The van der Waals surface area contributed by atoms with Gasteiger partial charge < -0.3 is 24.7 Å². The molecule has 3 heterocycles. The zero-order valence-corrected chi connectivity index (χ0v) is 24.3. The average molecular weight is 586 g/mol. The molecule has 2 aromatic carbocycles. The SMILES string of the molecule is C=CCNc1ccc(CCn2c(=O)c(-c3cc(OC)cc(OC)c3Cl)cc3cnc(NCCn4ccnc4)nc32)cc1. The van der Waals surface area contributed by atoms with Gasteiger partial charge >= 0.3 is 0 Å². The molecule has 2 N–H and O–H groups in total. The Morgan fingerprint density at radius 2 is 1.88 bits per heavy atom. The van der Waals surface area contributed by atoms with E-state index in [2.05, 4.69) is 27.2 Å². The maximum Gasteiger partial charge on any atom is 0.260 e. The third-order valence-corrected chi connectivity index (χ3v) is 7.22. The van der Waals surface area contributed by atoms with Gasteiger partial charge in [-0.1, -0.05) is 29.8 Å². The maximum absolute atomic E-state index is 14.1. The third-order valence-electron chi connectivity index (χ3n) is 6.83. The number of pyridine rings is 1. The Balaban J connectivity index is 1.53. The number of halogens is 1. The Morgan fingerprint density at radius 1 is 1.05 bits per heavy atom. The van der Waals surface area contributed by atoms with E-state index in [-0.39, 0.29) is 5.56 Å². The molecule has 5 rings (SSSR count). The molecule has 0 saturated heterocycles. The van der Waals surface area contributed by atoms with Crippen molar-refractivity contribution in [2.24, 2.45) is 0 Å². The van der Waals surface area contributed by atoms with E-state index in [9.17, 15) is 4.79 Å². The minimum absolute atomic E-state index is 0.230. The summed E-state index contributed by atoms with van der Waals surface area (Å²) in [6.45, 7) is 6.11. The molecule has 0 unspecified atom stereocenters. The lowest BCUT2D eigenvalue weighted by Gasteiger charge is -2.16. The van der Waals surface area contributed by atoms with Crippen LogP contribution in [0.25, 0.3) is 22.2 Å². The van der Waals surface area contributed by atoms with Gasteiger partial charge in [0.05, 0.1) is 25.6 Å². The van der Waals surface area contributed by atoms with Crippen molar-refractivity contribution in [2.75, 3.05) is 37.9 Å². The lowest BCUT2D eigenvalue weighted by Crippen LogP contribution is -2.24. The molecule has 11 heteroatoms. The number of anilines is 2. The lowest BCUT2D eigenvalue weighted by molar-refractivity contribution is 0.395. The molecule has 0 radical (unpaired) electrons. The predicted octanol–water partition coefficient (Wildman–Crippen LogP) is 5.28. The topological polar surface area (TPSA) is 108 Å². The van der Waals surface area contributed by atoms with Crippen LogP contribution < -0.4 is 25.7 Å². The summed E-state index contributed by atoms with van der Waals surface area (Å²) >= 11 is 6.71. The van der Waals surface area contributed by atoms with Crippen LogP contribution in [0.2, 0.25) is 5.02 Å². The number of imidazole rings is 1. The fourth-order valence-electron chi connectivity index (χ4n) is 4.62. The summed E-state index contributed by atoms with van der Waals surface area (Å²) in [6.07, 6.45) is 9.52. The van der Waals surface area contributed by atoms with Gasteiger partial charge in [-0.05, 0) is 36.2 Å². The Morgan fingerprint density at radius 3 is 2.60 bits per heavy atom. The number of aromatic nitrogens is 5. The van der Waals surface area contributed by atoms with E-state index in [1.54, 1.807) is 48.6 Å². The largest absolute Gasteiger partial charge is 0.497 e. The maximum atomic E-state index is 14.1. The molecular weight excluding hydrogens is 554 g/mol. The normalized spacial score (nSPS) is 10.9. The summed E-state index contributed by atoms with van der Waals surface area (Å²) in [4.78, 5) is 27.5. The van der Waals surface area contributed by atoms with E-state index in [4.69, 9.17) is 26.1 Å². The number of nitrogens with zero attached hydrogens (tertiary/aromatic N) is 5. The smallest absolute Gasteiger partial charge is 0.260 e. The molecular formula is C31H32ClN7O3. The number of hydrogen-bond donors (Lipinski definition) is 2. The molecule has 42 heavy (non-hydrogen) atoms. The minimum atomic E-state index is -0.230. The molecule has 0 aliphatic heterocycles. The standard InChI is InChI=1S/C31H32ClN7O3/c1-4-10-34-23-7-5-21(6-8-23)9-13-39-29-22(19-36-31(37-29)35-12-15-38-14-11-33-20-38)16-26(30(39)40)25-17-24(41-2)18-27(42-3)28(25)32/h4-8,11,14,16-20,34H,1,9-10,12-13,15H2,2-3H3,(H,35,36,37). The summed E-state index contributed by atoms with van der Waals surface area (Å²) in [7, 11) is 3.08. The monoisotopic (exact) mass is 585 g/mol. The summed E-state index contributed by atoms with van der Waals surface area (Å²) in [5, 5.41) is 7.55. The summed E-state index contributed by atoms with van der Waals surface area (Å²) in [5.41, 5.74) is 3.29. The number of nitrogens with one attached hydrogen (secondary N) is 2. The lowest BCUT2D eigenvalue weighted by atomic mass is 10.0. The van der Waals surface area contributed by atoms with Crippen molar-refractivity contribution in [1.29, 1.82) is 0 Å². The van der Waals surface area contributed by atoms with E-state index in [1.165, 1.54) is 7.11 Å². The number of methoxy groups -OCH3 is 2. The van der Waals surface area contributed by atoms with Crippen LogP contribution in [0.1, 0.15) is 5.56 Å². The molecule has 5 aromatic rings. The number of benzene rings is 2. The van der Waals surface area contributed by atoms with E-state index < -0.39 is 0 Å². The summed E-state index contributed by atoms with van der Waals surface area (Å²) in [5.74, 6) is 1.37. The van der Waals surface area contributed by atoms with Gasteiger partial charge in [-0.3, -0.25) is 9.36 Å². The zero-order valence-electron chi connectivity index (χ0n) is 23.5. The van der Waals surface area contributed by atoms with Crippen molar-refractivity contribution >= 4 is 34.3 Å². The van der Waals surface area contributed by atoms with E-state index in [0.29, 0.717) is 77.2 Å². The fraction of sp³-hybridized carbons (Fsp3) is 0.226. The van der Waals surface area contributed by atoms with Gasteiger partial charge in [0, 0.05) is 73.0 Å². The highest BCUT2D eigenvalue weighted by Crippen LogP contribution is 2.38. The van der Waals surface area contributed by atoms with Crippen molar-refractivity contribution < 1.29 is 9.47 Å². The first-order chi connectivity index (χ1) is 20.5. The summed E-state index contributed by atoms with van der Waals surface area (Å²) < 4.78 is 14.6. The van der Waals surface area contributed by atoms with Crippen LogP contribution in [-0.4, -0.2) is 51.4 Å².